The van der Waals surface area contributed by atoms with Crippen molar-refractivity contribution < 1.29 is 18.3 Å². The van der Waals surface area contributed by atoms with Crippen LogP contribution in [-0.4, -0.2) is 41.7 Å². The molecule has 26 heavy (non-hydrogen) atoms. The summed E-state index contributed by atoms with van der Waals surface area (Å²) in [6, 6.07) is 7.76. The molecule has 0 spiro atoms. The van der Waals surface area contributed by atoms with E-state index in [1.165, 1.54) is 18.2 Å². The van der Waals surface area contributed by atoms with Crippen molar-refractivity contribution in [2.75, 3.05) is 26.2 Å². The van der Waals surface area contributed by atoms with Gasteiger partial charge in [-0.05, 0) is 41.4 Å². The first kappa shape index (κ1) is 23.4. The van der Waals surface area contributed by atoms with Crippen LogP contribution in [0.5, 0.6) is 5.75 Å². The zero-order valence-electron chi connectivity index (χ0n) is 13.5. The van der Waals surface area contributed by atoms with Gasteiger partial charge in [0.2, 0.25) is 0 Å². The van der Waals surface area contributed by atoms with Crippen LogP contribution in [0, 0.1) is 0 Å². The molecule has 0 bridgehead atoms. The number of piperazine rings is 1. The van der Waals surface area contributed by atoms with Crippen LogP contribution in [0.4, 0.5) is 13.2 Å². The lowest BCUT2D eigenvalue weighted by atomic mass is 10.0. The third-order valence-electron chi connectivity index (χ3n) is 3.86. The summed E-state index contributed by atoms with van der Waals surface area (Å²) < 4.78 is 38.1. The first-order chi connectivity index (χ1) is 11.4. The summed E-state index contributed by atoms with van der Waals surface area (Å²) in [4.78, 5) is 3.30. The summed E-state index contributed by atoms with van der Waals surface area (Å²) in [5, 5.41) is 15.5. The van der Waals surface area contributed by atoms with E-state index in [-0.39, 0.29) is 53.3 Å². The maximum absolute atomic E-state index is 12.7. The largest absolute Gasteiger partial charge is 0.508 e. The van der Waals surface area contributed by atoms with Gasteiger partial charge < -0.3 is 10.4 Å². The van der Waals surface area contributed by atoms with Gasteiger partial charge in [-0.15, -0.1) is 36.2 Å². The molecule has 0 radical (unpaired) electrons. The Kier molecular flexibility index (Phi) is 9.05. The van der Waals surface area contributed by atoms with Crippen LogP contribution in [-0.2, 0) is 0 Å². The average Bonchev–Trinajstić information content (AvgIpc) is 3.04. The topological polar surface area (TPSA) is 35.5 Å². The molecule has 0 saturated carbocycles. The molecule has 0 amide bonds. The zero-order chi connectivity index (χ0) is 17.2. The van der Waals surface area contributed by atoms with Crippen molar-refractivity contribution in [2.45, 2.75) is 16.4 Å². The maximum atomic E-state index is 12.7. The second kappa shape index (κ2) is 10.1. The highest BCUT2D eigenvalue weighted by molar-refractivity contribution is 8.00. The number of aromatic hydroxyl groups is 1. The fourth-order valence-electron chi connectivity index (χ4n) is 2.87. The number of thioether (sulfide) groups is 1. The predicted octanol–water partition coefficient (Wildman–Crippen LogP) is 4.90. The second-order valence-corrected chi connectivity index (χ2v) is 7.59. The quantitative estimate of drug-likeness (QED) is 0.654. The Bertz CT molecular complexity index is 681. The number of hydrogen-bond acceptors (Lipinski definition) is 5. The highest BCUT2D eigenvalue weighted by atomic mass is 35.5. The summed E-state index contributed by atoms with van der Waals surface area (Å²) in [6.45, 7) is 3.19. The van der Waals surface area contributed by atoms with E-state index in [4.69, 9.17) is 0 Å². The molecule has 1 aromatic carbocycles. The van der Waals surface area contributed by atoms with Crippen molar-refractivity contribution in [1.29, 1.82) is 0 Å². The van der Waals surface area contributed by atoms with Gasteiger partial charge in [-0.2, -0.15) is 13.2 Å². The van der Waals surface area contributed by atoms with Crippen molar-refractivity contribution in [3.05, 3.63) is 46.2 Å². The van der Waals surface area contributed by atoms with Gasteiger partial charge in [-0.1, -0.05) is 6.07 Å². The predicted molar refractivity (Wildman–Crippen MR) is 105 cm³/mol. The minimum atomic E-state index is -4.35. The summed E-state index contributed by atoms with van der Waals surface area (Å²) >= 11 is 1.39. The molecule has 2 aromatic rings. The molecule has 2 N–H and O–H groups in total. The van der Waals surface area contributed by atoms with Crippen LogP contribution in [0.15, 0.2) is 40.6 Å². The van der Waals surface area contributed by atoms with E-state index in [0.717, 1.165) is 31.1 Å². The molecule has 1 aromatic heterocycles. The summed E-state index contributed by atoms with van der Waals surface area (Å²) in [7, 11) is 0. The molecule has 1 saturated heterocycles. The van der Waals surface area contributed by atoms with Gasteiger partial charge in [-0.3, -0.25) is 4.90 Å². The summed E-state index contributed by atoms with van der Waals surface area (Å²) in [6.07, 6.45) is 0. The Labute approximate surface area is 170 Å². The average molecular weight is 447 g/mol. The van der Waals surface area contributed by atoms with Crippen molar-refractivity contribution in [2.24, 2.45) is 0 Å². The molecule has 3 nitrogen and oxygen atoms in total. The minimum absolute atomic E-state index is 0. The number of rotatable bonds is 4. The van der Waals surface area contributed by atoms with Gasteiger partial charge in [0, 0.05) is 41.5 Å². The Balaban J connectivity index is 0.00000169. The van der Waals surface area contributed by atoms with E-state index in [0.29, 0.717) is 5.56 Å². The number of phenols is 1. The monoisotopic (exact) mass is 446 g/mol. The van der Waals surface area contributed by atoms with E-state index in [2.05, 4.69) is 10.2 Å². The van der Waals surface area contributed by atoms with Crippen molar-refractivity contribution in [3.63, 3.8) is 0 Å². The molecule has 0 aliphatic carbocycles. The third kappa shape index (κ3) is 5.94. The lowest BCUT2D eigenvalue weighted by molar-refractivity contribution is -0.0328. The van der Waals surface area contributed by atoms with E-state index < -0.39 is 5.51 Å². The van der Waals surface area contributed by atoms with E-state index >= 15 is 0 Å². The van der Waals surface area contributed by atoms with Crippen LogP contribution in [0.2, 0.25) is 0 Å². The van der Waals surface area contributed by atoms with Crippen LogP contribution < -0.4 is 5.32 Å². The van der Waals surface area contributed by atoms with Crippen molar-refractivity contribution in [3.8, 4) is 5.75 Å². The molecule has 1 fully saturated rings. The number of thiophene rings is 1. The van der Waals surface area contributed by atoms with E-state index in [1.54, 1.807) is 11.3 Å². The van der Waals surface area contributed by atoms with E-state index in [1.807, 2.05) is 17.5 Å². The molecule has 10 heteroatoms. The number of benzene rings is 1. The van der Waals surface area contributed by atoms with Gasteiger partial charge in [0.15, 0.2) is 0 Å². The van der Waals surface area contributed by atoms with Gasteiger partial charge in [0.25, 0.3) is 0 Å². The first-order valence-electron chi connectivity index (χ1n) is 7.51. The van der Waals surface area contributed by atoms with Gasteiger partial charge in [0.05, 0.1) is 6.04 Å². The first-order valence-corrected chi connectivity index (χ1v) is 9.20. The number of phenolic OH excluding ortho intramolecular Hbond substituents is 1. The van der Waals surface area contributed by atoms with E-state index in [9.17, 15) is 18.3 Å². The molecule has 1 aliphatic heterocycles. The molecule has 3 rings (SSSR count). The Morgan fingerprint density at radius 3 is 2.42 bits per heavy atom. The molecular formula is C16H19Cl2F3N2OS2. The highest BCUT2D eigenvalue weighted by Crippen LogP contribution is 2.42. The normalized spacial score (nSPS) is 16.4. The smallest absolute Gasteiger partial charge is 0.446 e. The molecule has 1 atom stereocenters. The Morgan fingerprint density at radius 1 is 1.15 bits per heavy atom. The molecular weight excluding hydrogens is 428 g/mol. The minimum Gasteiger partial charge on any atom is -0.508 e. The molecule has 2 heterocycles. The van der Waals surface area contributed by atoms with Crippen molar-refractivity contribution >= 4 is 47.9 Å². The third-order valence-corrected chi connectivity index (χ3v) is 5.50. The lowest BCUT2D eigenvalue weighted by Crippen LogP contribution is -2.45. The molecule has 1 aliphatic rings. The number of alkyl halides is 3. The van der Waals surface area contributed by atoms with Gasteiger partial charge in [0.1, 0.15) is 5.75 Å². The fourth-order valence-corrected chi connectivity index (χ4v) is 4.33. The summed E-state index contributed by atoms with van der Waals surface area (Å²) in [5.74, 6) is 0.0263. The SMILES string of the molecule is Cl.Cl.Oc1ccc(SC(F)(F)F)cc1[C@@H](c1cccs1)N1CCNCC1. The van der Waals surface area contributed by atoms with Crippen LogP contribution in [0.1, 0.15) is 16.5 Å². The standard InChI is InChI=1S/C16H17F3N2OS2.2ClH/c17-16(18,19)24-11-3-4-13(22)12(10-11)15(14-2-1-9-23-14)21-7-5-20-6-8-21;;/h1-4,9-10,15,20,22H,5-8H2;2*1H/t15-;;/m0../s1. The molecule has 146 valence electrons. The van der Waals surface area contributed by atoms with Gasteiger partial charge in [-0.25, -0.2) is 0 Å². The number of nitrogens with one attached hydrogen (secondary N) is 1. The van der Waals surface area contributed by atoms with Crippen molar-refractivity contribution in [1.82, 2.24) is 10.2 Å². The molecule has 0 unspecified atom stereocenters. The maximum Gasteiger partial charge on any atom is 0.446 e. The van der Waals surface area contributed by atoms with Crippen LogP contribution in [0.25, 0.3) is 0 Å². The van der Waals surface area contributed by atoms with Gasteiger partial charge >= 0.3 is 5.51 Å². The van der Waals surface area contributed by atoms with Crippen LogP contribution >= 0.6 is 47.9 Å². The summed E-state index contributed by atoms with van der Waals surface area (Å²) in [5.41, 5.74) is -3.82. The lowest BCUT2D eigenvalue weighted by Gasteiger charge is -2.35. The number of halogens is 5. The number of hydrogen-bond donors (Lipinski definition) is 2. The Morgan fingerprint density at radius 2 is 1.85 bits per heavy atom. The number of nitrogens with zero attached hydrogens (tertiary/aromatic N) is 1. The second-order valence-electron chi connectivity index (χ2n) is 5.47. The zero-order valence-corrected chi connectivity index (χ0v) is 16.8. The fraction of sp³-hybridized carbons (Fsp3) is 0.375. The Hall–Kier alpha value is -0.640. The van der Waals surface area contributed by atoms with Crippen LogP contribution in [0.3, 0.4) is 0 Å². The highest BCUT2D eigenvalue weighted by Gasteiger charge is 2.31.